The molecule has 16 heavy (non-hydrogen) atoms. The number of rotatable bonds is 8. The molecule has 0 aromatic rings. The Kier molecular flexibility index (Phi) is 7.06. The topological polar surface area (TPSA) is 15.3 Å². The Labute approximate surface area is 102 Å². The highest BCUT2D eigenvalue weighted by molar-refractivity contribution is 4.80. The van der Waals surface area contributed by atoms with Crippen molar-refractivity contribution in [2.45, 2.75) is 71.4 Å². The molecule has 0 amide bonds. The van der Waals surface area contributed by atoms with Gasteiger partial charge in [0.15, 0.2) is 0 Å². The maximum absolute atomic E-state index is 3.62. The van der Waals surface area contributed by atoms with E-state index in [1.54, 1.807) is 0 Å². The molecule has 1 saturated heterocycles. The summed E-state index contributed by atoms with van der Waals surface area (Å²) in [6.45, 7) is 10.7. The SMILES string of the molecule is CCCCN(CC1CCCN1)C(CC)CC. The second-order valence-corrected chi connectivity index (χ2v) is 5.11. The third-order valence-electron chi connectivity index (χ3n) is 3.88. The zero-order valence-electron chi connectivity index (χ0n) is 11.5. The highest BCUT2D eigenvalue weighted by Gasteiger charge is 2.21. The van der Waals surface area contributed by atoms with Gasteiger partial charge in [-0.25, -0.2) is 0 Å². The molecule has 2 heteroatoms. The summed E-state index contributed by atoms with van der Waals surface area (Å²) in [7, 11) is 0. The molecule has 1 aliphatic heterocycles. The van der Waals surface area contributed by atoms with E-state index in [-0.39, 0.29) is 0 Å². The molecule has 1 N–H and O–H groups in total. The number of hydrogen-bond donors (Lipinski definition) is 1. The smallest absolute Gasteiger partial charge is 0.0195 e. The molecule has 1 atom stereocenters. The highest BCUT2D eigenvalue weighted by Crippen LogP contribution is 2.14. The van der Waals surface area contributed by atoms with Gasteiger partial charge in [0.1, 0.15) is 0 Å². The van der Waals surface area contributed by atoms with Crippen LogP contribution in [-0.4, -0.2) is 36.6 Å². The summed E-state index contributed by atoms with van der Waals surface area (Å²) in [4.78, 5) is 2.73. The standard InChI is InChI=1S/C14H30N2/c1-4-7-11-16(14(5-2)6-3)12-13-9-8-10-15-13/h13-15H,4-12H2,1-3H3. The second-order valence-electron chi connectivity index (χ2n) is 5.11. The van der Waals surface area contributed by atoms with Crippen LogP contribution < -0.4 is 5.32 Å². The molecule has 0 radical (unpaired) electrons. The van der Waals surface area contributed by atoms with Crippen LogP contribution in [0.4, 0.5) is 0 Å². The monoisotopic (exact) mass is 226 g/mol. The largest absolute Gasteiger partial charge is 0.313 e. The first kappa shape index (κ1) is 14.0. The van der Waals surface area contributed by atoms with E-state index in [4.69, 9.17) is 0 Å². The van der Waals surface area contributed by atoms with Crippen molar-refractivity contribution in [2.75, 3.05) is 19.6 Å². The van der Waals surface area contributed by atoms with E-state index < -0.39 is 0 Å². The lowest BCUT2D eigenvalue weighted by molar-refractivity contribution is 0.168. The summed E-state index contributed by atoms with van der Waals surface area (Å²) in [6, 6.07) is 1.56. The van der Waals surface area contributed by atoms with E-state index in [1.165, 1.54) is 58.2 Å². The summed E-state index contributed by atoms with van der Waals surface area (Å²) in [5.41, 5.74) is 0. The number of hydrogen-bond acceptors (Lipinski definition) is 2. The van der Waals surface area contributed by atoms with Crippen molar-refractivity contribution in [3.05, 3.63) is 0 Å². The van der Waals surface area contributed by atoms with E-state index in [9.17, 15) is 0 Å². The number of unbranched alkanes of at least 4 members (excludes halogenated alkanes) is 1. The summed E-state index contributed by atoms with van der Waals surface area (Å²) in [5, 5.41) is 3.62. The average molecular weight is 226 g/mol. The molecule has 0 aliphatic carbocycles. The lowest BCUT2D eigenvalue weighted by atomic mass is 10.1. The van der Waals surface area contributed by atoms with Gasteiger partial charge in [-0.1, -0.05) is 27.2 Å². The fourth-order valence-electron chi connectivity index (χ4n) is 2.78. The maximum Gasteiger partial charge on any atom is 0.0195 e. The van der Waals surface area contributed by atoms with Gasteiger partial charge < -0.3 is 5.32 Å². The minimum atomic E-state index is 0.762. The first-order valence-corrected chi connectivity index (χ1v) is 7.29. The van der Waals surface area contributed by atoms with Gasteiger partial charge >= 0.3 is 0 Å². The summed E-state index contributed by atoms with van der Waals surface area (Å²) >= 11 is 0. The molecule has 1 heterocycles. The highest BCUT2D eigenvalue weighted by atomic mass is 15.2. The van der Waals surface area contributed by atoms with Gasteiger partial charge in [0.05, 0.1) is 0 Å². The Morgan fingerprint density at radius 2 is 2.00 bits per heavy atom. The molecule has 1 unspecified atom stereocenters. The third kappa shape index (κ3) is 4.42. The van der Waals surface area contributed by atoms with Gasteiger partial charge in [-0.2, -0.15) is 0 Å². The minimum absolute atomic E-state index is 0.762. The van der Waals surface area contributed by atoms with Gasteiger partial charge in [-0.15, -0.1) is 0 Å². The Bertz CT molecular complexity index is 160. The van der Waals surface area contributed by atoms with Crippen LogP contribution in [0.3, 0.4) is 0 Å². The Hall–Kier alpha value is -0.0800. The van der Waals surface area contributed by atoms with Gasteiger partial charge in [-0.05, 0) is 45.2 Å². The predicted octanol–water partition coefficient (Wildman–Crippen LogP) is 3.03. The molecule has 96 valence electrons. The number of nitrogens with one attached hydrogen (secondary N) is 1. The maximum atomic E-state index is 3.62. The fourth-order valence-corrected chi connectivity index (χ4v) is 2.78. The van der Waals surface area contributed by atoms with Crippen molar-refractivity contribution in [3.63, 3.8) is 0 Å². The molecule has 0 aromatic heterocycles. The Morgan fingerprint density at radius 1 is 1.25 bits per heavy atom. The van der Waals surface area contributed by atoms with Crippen molar-refractivity contribution in [2.24, 2.45) is 0 Å². The summed E-state index contributed by atoms with van der Waals surface area (Å²) in [6.07, 6.45) is 8.01. The zero-order chi connectivity index (χ0) is 11.8. The predicted molar refractivity (Wildman–Crippen MR) is 71.9 cm³/mol. The van der Waals surface area contributed by atoms with Crippen LogP contribution >= 0.6 is 0 Å². The Balaban J connectivity index is 2.40. The van der Waals surface area contributed by atoms with Crippen molar-refractivity contribution in [3.8, 4) is 0 Å². The van der Waals surface area contributed by atoms with Crippen LogP contribution in [0.15, 0.2) is 0 Å². The van der Waals surface area contributed by atoms with Gasteiger partial charge in [0.25, 0.3) is 0 Å². The molecule has 1 aliphatic rings. The van der Waals surface area contributed by atoms with Crippen LogP contribution in [-0.2, 0) is 0 Å². The molecule has 0 saturated carbocycles. The van der Waals surface area contributed by atoms with Crippen LogP contribution in [0.2, 0.25) is 0 Å². The van der Waals surface area contributed by atoms with Gasteiger partial charge in [0, 0.05) is 18.6 Å². The van der Waals surface area contributed by atoms with Crippen molar-refractivity contribution in [1.82, 2.24) is 10.2 Å². The lowest BCUT2D eigenvalue weighted by Crippen LogP contribution is -2.43. The van der Waals surface area contributed by atoms with Crippen molar-refractivity contribution < 1.29 is 0 Å². The first-order chi connectivity index (χ1) is 7.81. The van der Waals surface area contributed by atoms with Crippen molar-refractivity contribution in [1.29, 1.82) is 0 Å². The van der Waals surface area contributed by atoms with E-state index >= 15 is 0 Å². The normalized spacial score (nSPS) is 21.2. The average Bonchev–Trinajstić information content (AvgIpc) is 2.80. The first-order valence-electron chi connectivity index (χ1n) is 7.29. The molecule has 0 spiro atoms. The van der Waals surface area contributed by atoms with Gasteiger partial charge in [0.2, 0.25) is 0 Å². The fraction of sp³-hybridized carbons (Fsp3) is 1.00. The van der Waals surface area contributed by atoms with Crippen LogP contribution in [0.5, 0.6) is 0 Å². The van der Waals surface area contributed by atoms with E-state index in [2.05, 4.69) is 31.0 Å². The molecule has 1 rings (SSSR count). The quantitative estimate of drug-likeness (QED) is 0.684. The van der Waals surface area contributed by atoms with Crippen LogP contribution in [0.1, 0.15) is 59.3 Å². The minimum Gasteiger partial charge on any atom is -0.313 e. The third-order valence-corrected chi connectivity index (χ3v) is 3.88. The van der Waals surface area contributed by atoms with Crippen LogP contribution in [0.25, 0.3) is 0 Å². The molecule has 1 fully saturated rings. The van der Waals surface area contributed by atoms with E-state index in [0.717, 1.165) is 12.1 Å². The number of nitrogens with zero attached hydrogens (tertiary/aromatic N) is 1. The molecular formula is C14H30N2. The summed E-state index contributed by atoms with van der Waals surface area (Å²) < 4.78 is 0. The second kappa shape index (κ2) is 8.08. The van der Waals surface area contributed by atoms with E-state index in [0.29, 0.717) is 0 Å². The zero-order valence-corrected chi connectivity index (χ0v) is 11.5. The molecule has 2 nitrogen and oxygen atoms in total. The molecule has 0 aromatic carbocycles. The lowest BCUT2D eigenvalue weighted by Gasteiger charge is -2.32. The van der Waals surface area contributed by atoms with Crippen LogP contribution in [0, 0.1) is 0 Å². The molecular weight excluding hydrogens is 196 g/mol. The van der Waals surface area contributed by atoms with Gasteiger partial charge in [-0.3, -0.25) is 4.90 Å². The summed E-state index contributed by atoms with van der Waals surface area (Å²) in [5.74, 6) is 0. The Morgan fingerprint density at radius 3 is 2.50 bits per heavy atom. The molecule has 0 bridgehead atoms. The van der Waals surface area contributed by atoms with Crippen molar-refractivity contribution >= 4 is 0 Å². The van der Waals surface area contributed by atoms with E-state index in [1.807, 2.05) is 0 Å².